The molecule has 0 saturated carbocycles. The molecule has 0 unspecified atom stereocenters. The Hall–Kier alpha value is -1.12. The molecule has 6 nitrogen and oxygen atoms in total. The SMILES string of the molecule is COC(=O)c1sccc1NS(=O)(=O)N1CCCCC1. The topological polar surface area (TPSA) is 75.7 Å². The summed E-state index contributed by atoms with van der Waals surface area (Å²) in [5.74, 6) is -0.536. The molecule has 2 rings (SSSR count). The highest BCUT2D eigenvalue weighted by Crippen LogP contribution is 2.25. The van der Waals surface area contributed by atoms with Crippen LogP contribution in [-0.2, 0) is 14.9 Å². The van der Waals surface area contributed by atoms with Gasteiger partial charge in [-0.25, -0.2) is 4.79 Å². The van der Waals surface area contributed by atoms with Crippen LogP contribution in [0.3, 0.4) is 0 Å². The van der Waals surface area contributed by atoms with Crippen LogP contribution in [0.25, 0.3) is 0 Å². The first-order valence-electron chi connectivity index (χ1n) is 5.98. The Labute approximate surface area is 116 Å². The van der Waals surface area contributed by atoms with Crippen molar-refractivity contribution < 1.29 is 17.9 Å². The number of anilines is 1. The maximum absolute atomic E-state index is 12.2. The number of nitrogens with zero attached hydrogens (tertiary/aromatic N) is 1. The fraction of sp³-hybridized carbons (Fsp3) is 0.545. The third kappa shape index (κ3) is 3.26. The predicted octanol–water partition coefficient (Wildman–Crippen LogP) is 1.68. The molecule has 1 aromatic heterocycles. The Morgan fingerprint density at radius 2 is 2.05 bits per heavy atom. The highest BCUT2D eigenvalue weighted by Gasteiger charge is 2.26. The lowest BCUT2D eigenvalue weighted by molar-refractivity contribution is 0.0607. The van der Waals surface area contributed by atoms with Crippen molar-refractivity contribution in [3.63, 3.8) is 0 Å². The lowest BCUT2D eigenvalue weighted by atomic mass is 10.2. The van der Waals surface area contributed by atoms with E-state index in [0.717, 1.165) is 30.6 Å². The van der Waals surface area contributed by atoms with Gasteiger partial charge in [0.25, 0.3) is 0 Å². The van der Waals surface area contributed by atoms with Crippen molar-refractivity contribution >= 4 is 33.2 Å². The molecular formula is C11H16N2O4S2. The standard InChI is InChI=1S/C11H16N2O4S2/c1-17-11(14)10-9(5-8-18-10)12-19(15,16)13-6-3-2-4-7-13/h5,8,12H,2-4,6-7H2,1H3. The molecule has 1 aliphatic rings. The summed E-state index contributed by atoms with van der Waals surface area (Å²) in [6, 6.07) is 1.57. The van der Waals surface area contributed by atoms with Gasteiger partial charge in [0.05, 0.1) is 12.8 Å². The number of nitrogens with one attached hydrogen (secondary N) is 1. The average molecular weight is 304 g/mol. The molecule has 0 aliphatic carbocycles. The van der Waals surface area contributed by atoms with Crippen molar-refractivity contribution in [1.29, 1.82) is 0 Å². The summed E-state index contributed by atoms with van der Waals surface area (Å²) in [4.78, 5) is 11.8. The number of hydrogen-bond acceptors (Lipinski definition) is 5. The second-order valence-corrected chi connectivity index (χ2v) is 6.81. The van der Waals surface area contributed by atoms with Crippen LogP contribution in [0.4, 0.5) is 5.69 Å². The summed E-state index contributed by atoms with van der Waals surface area (Å²) in [5, 5.41) is 1.65. The van der Waals surface area contributed by atoms with Crippen LogP contribution < -0.4 is 4.72 Å². The molecule has 106 valence electrons. The first-order chi connectivity index (χ1) is 9.04. The molecule has 1 saturated heterocycles. The van der Waals surface area contributed by atoms with Gasteiger partial charge in [0.1, 0.15) is 4.88 Å². The van der Waals surface area contributed by atoms with E-state index in [1.807, 2.05) is 0 Å². The van der Waals surface area contributed by atoms with Gasteiger partial charge in [-0.05, 0) is 24.3 Å². The van der Waals surface area contributed by atoms with Crippen LogP contribution in [-0.4, -0.2) is 38.9 Å². The van der Waals surface area contributed by atoms with Crippen molar-refractivity contribution in [3.05, 3.63) is 16.3 Å². The van der Waals surface area contributed by atoms with Crippen molar-refractivity contribution in [2.75, 3.05) is 24.9 Å². The number of piperidine rings is 1. The number of ether oxygens (including phenoxy) is 1. The van der Waals surface area contributed by atoms with Gasteiger partial charge in [-0.2, -0.15) is 12.7 Å². The lowest BCUT2D eigenvalue weighted by Crippen LogP contribution is -2.39. The Morgan fingerprint density at radius 1 is 1.37 bits per heavy atom. The number of thiophene rings is 1. The maximum Gasteiger partial charge on any atom is 0.350 e. The van der Waals surface area contributed by atoms with Gasteiger partial charge < -0.3 is 4.74 Å². The Morgan fingerprint density at radius 3 is 2.68 bits per heavy atom. The highest BCUT2D eigenvalue weighted by molar-refractivity contribution is 7.90. The molecule has 0 radical (unpaired) electrons. The Balaban J connectivity index is 2.16. The molecule has 0 amide bonds. The van der Waals surface area contributed by atoms with Gasteiger partial charge in [-0.1, -0.05) is 6.42 Å². The monoisotopic (exact) mass is 304 g/mol. The minimum atomic E-state index is -3.59. The Bertz CT molecular complexity index is 547. The van der Waals surface area contributed by atoms with E-state index in [2.05, 4.69) is 9.46 Å². The largest absolute Gasteiger partial charge is 0.465 e. The van der Waals surface area contributed by atoms with E-state index in [4.69, 9.17) is 0 Å². The molecule has 0 aromatic carbocycles. The fourth-order valence-corrected chi connectivity index (χ4v) is 4.10. The second kappa shape index (κ2) is 5.89. The van der Waals surface area contributed by atoms with Crippen LogP contribution in [0.1, 0.15) is 28.9 Å². The molecule has 1 N–H and O–H groups in total. The van der Waals surface area contributed by atoms with Gasteiger partial charge in [0.2, 0.25) is 0 Å². The fourth-order valence-electron chi connectivity index (χ4n) is 1.95. The molecule has 0 atom stereocenters. The van der Waals surface area contributed by atoms with Gasteiger partial charge in [0, 0.05) is 13.1 Å². The van der Waals surface area contributed by atoms with E-state index in [0.29, 0.717) is 13.1 Å². The highest BCUT2D eigenvalue weighted by atomic mass is 32.2. The molecule has 1 aliphatic heterocycles. The van der Waals surface area contributed by atoms with Gasteiger partial charge >= 0.3 is 16.2 Å². The molecule has 19 heavy (non-hydrogen) atoms. The average Bonchev–Trinajstić information content (AvgIpc) is 2.86. The third-order valence-corrected chi connectivity index (χ3v) is 5.35. The normalized spacial score (nSPS) is 17.1. The molecule has 0 bridgehead atoms. The zero-order valence-electron chi connectivity index (χ0n) is 10.6. The number of hydrogen-bond donors (Lipinski definition) is 1. The smallest absolute Gasteiger partial charge is 0.350 e. The first-order valence-corrected chi connectivity index (χ1v) is 8.30. The van der Waals surface area contributed by atoms with Crippen molar-refractivity contribution in [2.45, 2.75) is 19.3 Å². The lowest BCUT2D eigenvalue weighted by Gasteiger charge is -2.26. The zero-order chi connectivity index (χ0) is 13.9. The van der Waals surface area contributed by atoms with Gasteiger partial charge in [0.15, 0.2) is 0 Å². The van der Waals surface area contributed by atoms with Crippen LogP contribution in [0.15, 0.2) is 11.4 Å². The number of esters is 1. The summed E-state index contributed by atoms with van der Waals surface area (Å²) in [5.41, 5.74) is 0.280. The summed E-state index contributed by atoms with van der Waals surface area (Å²) in [6.07, 6.45) is 2.79. The van der Waals surface area contributed by atoms with Crippen LogP contribution in [0.5, 0.6) is 0 Å². The predicted molar refractivity (Wildman–Crippen MR) is 73.6 cm³/mol. The van der Waals surface area contributed by atoms with E-state index in [1.54, 1.807) is 11.4 Å². The Kier molecular flexibility index (Phi) is 4.43. The summed E-state index contributed by atoms with van der Waals surface area (Å²) < 4.78 is 32.9. The van der Waals surface area contributed by atoms with Gasteiger partial charge in [-0.3, -0.25) is 4.72 Å². The molecule has 0 spiro atoms. The van der Waals surface area contributed by atoms with E-state index < -0.39 is 16.2 Å². The quantitative estimate of drug-likeness (QED) is 0.859. The van der Waals surface area contributed by atoms with Gasteiger partial charge in [-0.15, -0.1) is 11.3 Å². The van der Waals surface area contributed by atoms with E-state index in [9.17, 15) is 13.2 Å². The molecule has 1 fully saturated rings. The van der Waals surface area contributed by atoms with Crippen LogP contribution in [0, 0.1) is 0 Å². The molecule has 2 heterocycles. The van der Waals surface area contributed by atoms with Crippen LogP contribution >= 0.6 is 11.3 Å². The first kappa shape index (κ1) is 14.3. The summed E-state index contributed by atoms with van der Waals surface area (Å²) in [6.45, 7) is 1.04. The second-order valence-electron chi connectivity index (χ2n) is 4.22. The zero-order valence-corrected chi connectivity index (χ0v) is 12.2. The van der Waals surface area contributed by atoms with E-state index in [1.165, 1.54) is 11.4 Å². The minimum absolute atomic E-state index is 0.267. The molecule has 1 aromatic rings. The molecule has 8 heteroatoms. The van der Waals surface area contributed by atoms with Crippen molar-refractivity contribution in [2.24, 2.45) is 0 Å². The van der Waals surface area contributed by atoms with E-state index in [-0.39, 0.29) is 10.6 Å². The summed E-state index contributed by atoms with van der Waals surface area (Å²) >= 11 is 1.15. The maximum atomic E-state index is 12.2. The number of methoxy groups -OCH3 is 1. The minimum Gasteiger partial charge on any atom is -0.465 e. The van der Waals surface area contributed by atoms with E-state index >= 15 is 0 Å². The number of carbonyl (C=O) groups excluding carboxylic acids is 1. The third-order valence-electron chi connectivity index (χ3n) is 2.93. The van der Waals surface area contributed by atoms with Crippen LogP contribution in [0.2, 0.25) is 0 Å². The number of carbonyl (C=O) groups is 1. The van der Waals surface area contributed by atoms with Crippen molar-refractivity contribution in [1.82, 2.24) is 4.31 Å². The summed E-state index contributed by atoms with van der Waals surface area (Å²) in [7, 11) is -2.32. The molecular weight excluding hydrogens is 288 g/mol. The van der Waals surface area contributed by atoms with Crippen molar-refractivity contribution in [3.8, 4) is 0 Å². The number of rotatable bonds is 4.